The van der Waals surface area contributed by atoms with E-state index >= 15 is 0 Å². The fourth-order valence-electron chi connectivity index (χ4n) is 1.19. The highest BCUT2D eigenvalue weighted by molar-refractivity contribution is 6.31. The summed E-state index contributed by atoms with van der Waals surface area (Å²) in [6.45, 7) is 1.71. The van der Waals surface area contributed by atoms with E-state index in [0.29, 0.717) is 0 Å². The first-order valence-corrected chi connectivity index (χ1v) is 5.50. The fraction of sp³-hybridized carbons (Fsp3) is 0.167. The maximum atomic E-state index is 11.7. The van der Waals surface area contributed by atoms with Crippen molar-refractivity contribution in [3.8, 4) is 11.8 Å². The number of rotatable bonds is 3. The zero-order chi connectivity index (χ0) is 14.4. The molecular formula is C12H8ClNO5. The first-order valence-electron chi connectivity index (χ1n) is 5.12. The Morgan fingerprint density at radius 1 is 1.42 bits per heavy atom. The Kier molecular flexibility index (Phi) is 5.03. The molecule has 0 unspecified atom stereocenters. The molecule has 0 heterocycles. The van der Waals surface area contributed by atoms with E-state index in [-0.39, 0.29) is 17.2 Å². The fourth-order valence-corrected chi connectivity index (χ4v) is 1.36. The van der Waals surface area contributed by atoms with Crippen LogP contribution in [0.4, 0.5) is 5.69 Å². The number of carbonyl (C=O) groups is 2. The molecule has 1 rings (SSSR count). The highest BCUT2D eigenvalue weighted by atomic mass is 35.5. The van der Waals surface area contributed by atoms with Gasteiger partial charge in [0.25, 0.3) is 5.69 Å². The van der Waals surface area contributed by atoms with Gasteiger partial charge < -0.3 is 4.74 Å². The van der Waals surface area contributed by atoms with Crippen molar-refractivity contribution in [2.75, 3.05) is 6.61 Å². The molecule has 0 aliphatic rings. The number of esters is 1. The van der Waals surface area contributed by atoms with Gasteiger partial charge in [-0.3, -0.25) is 14.9 Å². The second kappa shape index (κ2) is 6.52. The van der Waals surface area contributed by atoms with Crippen LogP contribution in [0.3, 0.4) is 0 Å². The number of halogens is 1. The minimum absolute atomic E-state index is 0.124. The van der Waals surface area contributed by atoms with Gasteiger partial charge in [0.1, 0.15) is 5.56 Å². The van der Waals surface area contributed by atoms with Gasteiger partial charge in [-0.1, -0.05) is 11.6 Å². The Hall–Kier alpha value is -2.39. The van der Waals surface area contributed by atoms with Crippen LogP contribution in [0.5, 0.6) is 0 Å². The van der Waals surface area contributed by atoms with Crippen LogP contribution in [0.15, 0.2) is 18.2 Å². The smallest absolute Gasteiger partial charge is 0.384 e. The van der Waals surface area contributed by atoms with E-state index in [4.69, 9.17) is 11.6 Å². The summed E-state index contributed by atoms with van der Waals surface area (Å²) >= 11 is 5.66. The molecule has 19 heavy (non-hydrogen) atoms. The van der Waals surface area contributed by atoms with Crippen molar-refractivity contribution in [3.05, 3.63) is 38.9 Å². The van der Waals surface area contributed by atoms with E-state index in [2.05, 4.69) is 4.74 Å². The summed E-state index contributed by atoms with van der Waals surface area (Å²) in [5, 5.41) is 10.9. The van der Waals surface area contributed by atoms with Crippen molar-refractivity contribution in [1.82, 2.24) is 0 Å². The quantitative estimate of drug-likeness (QED) is 0.161. The van der Waals surface area contributed by atoms with E-state index in [9.17, 15) is 19.7 Å². The Labute approximate surface area is 113 Å². The van der Waals surface area contributed by atoms with Crippen LogP contribution in [0, 0.1) is 22.0 Å². The third kappa shape index (κ3) is 4.08. The van der Waals surface area contributed by atoms with Crippen LogP contribution in [-0.2, 0) is 9.53 Å². The van der Waals surface area contributed by atoms with Gasteiger partial charge in [0.05, 0.1) is 11.5 Å². The molecular weight excluding hydrogens is 274 g/mol. The van der Waals surface area contributed by atoms with Crippen molar-refractivity contribution in [2.24, 2.45) is 0 Å². The molecule has 0 atom stereocenters. The van der Waals surface area contributed by atoms with Crippen LogP contribution in [0.2, 0.25) is 5.02 Å². The predicted octanol–water partition coefficient (Wildman–Crippen LogP) is 2.00. The summed E-state index contributed by atoms with van der Waals surface area (Å²) in [5.41, 5.74) is -0.693. The normalized spacial score (nSPS) is 9.16. The number of ketones is 1. The van der Waals surface area contributed by atoms with Crippen LogP contribution in [0.1, 0.15) is 17.3 Å². The van der Waals surface area contributed by atoms with Crippen molar-refractivity contribution < 1.29 is 19.2 Å². The average Bonchev–Trinajstić information content (AvgIpc) is 2.35. The minimum Gasteiger partial charge on any atom is -0.456 e. The van der Waals surface area contributed by atoms with Gasteiger partial charge in [0.15, 0.2) is 0 Å². The van der Waals surface area contributed by atoms with E-state index in [1.54, 1.807) is 6.92 Å². The van der Waals surface area contributed by atoms with Gasteiger partial charge in [-0.15, -0.1) is 0 Å². The van der Waals surface area contributed by atoms with Crippen molar-refractivity contribution >= 4 is 29.0 Å². The topological polar surface area (TPSA) is 86.5 Å². The molecule has 0 bridgehead atoms. The van der Waals surface area contributed by atoms with Crippen LogP contribution >= 0.6 is 11.6 Å². The number of nitro groups is 1. The minimum atomic E-state index is -0.875. The largest absolute Gasteiger partial charge is 0.456 e. The van der Waals surface area contributed by atoms with E-state index in [1.165, 1.54) is 6.07 Å². The predicted molar refractivity (Wildman–Crippen MR) is 66.8 cm³/mol. The Morgan fingerprint density at radius 3 is 2.68 bits per heavy atom. The SMILES string of the molecule is CCOC(=O)C#CC(=O)c1cc(Cl)ccc1[N+](=O)[O-]. The van der Waals surface area contributed by atoms with Crippen LogP contribution in [0.25, 0.3) is 0 Å². The Balaban J connectivity index is 3.09. The van der Waals surface area contributed by atoms with E-state index < -0.39 is 22.4 Å². The molecule has 0 saturated carbocycles. The van der Waals surface area contributed by atoms with Gasteiger partial charge >= 0.3 is 5.97 Å². The number of hydrogen-bond donors (Lipinski definition) is 0. The molecule has 0 spiro atoms. The second-order valence-corrected chi connectivity index (χ2v) is 3.65. The van der Waals surface area contributed by atoms with E-state index in [0.717, 1.165) is 12.1 Å². The van der Waals surface area contributed by atoms with Crippen LogP contribution < -0.4 is 0 Å². The Morgan fingerprint density at radius 2 is 2.11 bits per heavy atom. The second-order valence-electron chi connectivity index (χ2n) is 3.22. The summed E-state index contributed by atoms with van der Waals surface area (Å²) in [6, 6.07) is 3.51. The molecule has 98 valence electrons. The number of carbonyl (C=O) groups excluding carboxylic acids is 2. The summed E-state index contributed by atoms with van der Waals surface area (Å²) in [4.78, 5) is 32.7. The zero-order valence-corrected chi connectivity index (χ0v) is 10.6. The molecule has 0 aliphatic carbocycles. The maximum Gasteiger partial charge on any atom is 0.384 e. The molecule has 0 amide bonds. The molecule has 6 nitrogen and oxygen atoms in total. The van der Waals surface area contributed by atoms with E-state index in [1.807, 2.05) is 11.8 Å². The summed E-state index contributed by atoms with van der Waals surface area (Å²) in [7, 11) is 0. The third-order valence-corrected chi connectivity index (χ3v) is 2.19. The molecule has 1 aromatic rings. The van der Waals surface area contributed by atoms with Crippen LogP contribution in [-0.4, -0.2) is 23.3 Å². The zero-order valence-electron chi connectivity index (χ0n) is 9.81. The number of benzene rings is 1. The molecule has 0 N–H and O–H groups in total. The first-order chi connectivity index (χ1) is 8.95. The lowest BCUT2D eigenvalue weighted by atomic mass is 10.1. The monoisotopic (exact) mass is 281 g/mol. The van der Waals surface area contributed by atoms with Gasteiger partial charge in [0, 0.05) is 17.0 Å². The molecule has 0 radical (unpaired) electrons. The van der Waals surface area contributed by atoms with Crippen molar-refractivity contribution in [2.45, 2.75) is 6.92 Å². The lowest BCUT2D eigenvalue weighted by Crippen LogP contribution is -2.04. The molecule has 0 aromatic heterocycles. The van der Waals surface area contributed by atoms with Gasteiger partial charge in [0.2, 0.25) is 5.78 Å². The highest BCUT2D eigenvalue weighted by Gasteiger charge is 2.19. The summed E-state index contributed by atoms with van der Waals surface area (Å²) in [6.07, 6.45) is 0. The molecule has 1 aromatic carbocycles. The van der Waals surface area contributed by atoms with Gasteiger partial charge in [-0.2, -0.15) is 0 Å². The summed E-state index contributed by atoms with van der Waals surface area (Å²) in [5.74, 6) is 2.17. The molecule has 0 fully saturated rings. The number of ether oxygens (including phenoxy) is 1. The number of Topliss-reactive ketones (excluding diaryl/α,β-unsaturated/α-hetero) is 1. The standard InChI is InChI=1S/C12H8ClNO5/c1-2-19-12(16)6-5-11(15)9-7-8(13)3-4-10(9)14(17)18/h3-4,7H,2H2,1H3. The average molecular weight is 282 g/mol. The third-order valence-electron chi connectivity index (χ3n) is 1.95. The van der Waals surface area contributed by atoms with Crippen molar-refractivity contribution in [1.29, 1.82) is 0 Å². The Bertz CT molecular complexity index is 600. The number of nitro benzene ring substituents is 1. The molecule has 0 saturated heterocycles. The maximum absolute atomic E-state index is 11.7. The lowest BCUT2D eigenvalue weighted by Gasteiger charge is -1.98. The van der Waals surface area contributed by atoms with Gasteiger partial charge in [-0.05, 0) is 25.0 Å². The van der Waals surface area contributed by atoms with Gasteiger partial charge in [-0.25, -0.2) is 4.79 Å². The molecule has 7 heteroatoms. The highest BCUT2D eigenvalue weighted by Crippen LogP contribution is 2.22. The van der Waals surface area contributed by atoms with Crippen molar-refractivity contribution in [3.63, 3.8) is 0 Å². The number of nitrogens with zero attached hydrogens (tertiary/aromatic N) is 1. The summed E-state index contributed by atoms with van der Waals surface area (Å²) < 4.78 is 4.50. The first kappa shape index (κ1) is 14.7. The lowest BCUT2D eigenvalue weighted by molar-refractivity contribution is -0.385. The number of hydrogen-bond acceptors (Lipinski definition) is 5. The molecule has 0 aliphatic heterocycles.